The lowest BCUT2D eigenvalue weighted by atomic mass is 10.1. The van der Waals surface area contributed by atoms with E-state index in [1.807, 2.05) is 18.2 Å². The molecule has 1 N–H and O–H groups in total. The molecule has 3 amide bonds. The van der Waals surface area contributed by atoms with Crippen molar-refractivity contribution in [2.75, 3.05) is 11.9 Å². The third kappa shape index (κ3) is 3.27. The van der Waals surface area contributed by atoms with Crippen molar-refractivity contribution in [1.82, 2.24) is 14.7 Å². The molecule has 7 nitrogen and oxygen atoms in total. The van der Waals surface area contributed by atoms with Crippen LogP contribution in [0.2, 0.25) is 5.02 Å². The normalized spacial score (nSPS) is 13.0. The van der Waals surface area contributed by atoms with Crippen LogP contribution in [0.3, 0.4) is 0 Å². The van der Waals surface area contributed by atoms with Crippen molar-refractivity contribution >= 4 is 35.1 Å². The van der Waals surface area contributed by atoms with Gasteiger partial charge in [0.1, 0.15) is 12.4 Å². The molecule has 2 heterocycles. The molecule has 0 unspecified atom stereocenters. The number of halogens is 1. The molecule has 4 rings (SSSR count). The quantitative estimate of drug-likeness (QED) is 0.674. The molecule has 0 spiro atoms. The number of imide groups is 1. The number of hydrogen-bond acceptors (Lipinski definition) is 4. The van der Waals surface area contributed by atoms with Crippen molar-refractivity contribution in [3.05, 3.63) is 82.5 Å². The number of benzene rings is 2. The number of anilines is 1. The monoisotopic (exact) mass is 394 g/mol. The number of rotatable bonds is 5. The lowest BCUT2D eigenvalue weighted by molar-refractivity contribution is -0.116. The summed E-state index contributed by atoms with van der Waals surface area (Å²) in [5.74, 6) is -0.988. The summed E-state index contributed by atoms with van der Waals surface area (Å²) in [6.45, 7) is -0.00107. The Hall–Kier alpha value is -3.45. The second-order valence-corrected chi connectivity index (χ2v) is 6.66. The maximum Gasteiger partial charge on any atom is 0.262 e. The lowest BCUT2D eigenvalue weighted by Crippen LogP contribution is -2.37. The summed E-state index contributed by atoms with van der Waals surface area (Å²) in [6.07, 6.45) is 1.55. The molecule has 8 heteroatoms. The first kappa shape index (κ1) is 17.9. The van der Waals surface area contributed by atoms with E-state index in [0.29, 0.717) is 28.5 Å². The van der Waals surface area contributed by atoms with E-state index in [4.69, 9.17) is 11.6 Å². The van der Waals surface area contributed by atoms with Crippen LogP contribution in [0.1, 0.15) is 26.3 Å². The Morgan fingerprint density at radius 3 is 2.29 bits per heavy atom. The van der Waals surface area contributed by atoms with Crippen LogP contribution in [0.25, 0.3) is 0 Å². The summed E-state index contributed by atoms with van der Waals surface area (Å²) in [5, 5.41) is 7.49. The van der Waals surface area contributed by atoms with Crippen LogP contribution >= 0.6 is 11.6 Å². The third-order valence-corrected chi connectivity index (χ3v) is 4.81. The molecule has 0 bridgehead atoms. The first-order valence-corrected chi connectivity index (χ1v) is 8.92. The molecule has 1 aliphatic rings. The fourth-order valence-electron chi connectivity index (χ4n) is 3.06. The van der Waals surface area contributed by atoms with Crippen molar-refractivity contribution < 1.29 is 14.4 Å². The molecule has 3 aromatic rings. The van der Waals surface area contributed by atoms with Gasteiger partial charge in [0.2, 0.25) is 5.91 Å². The molecule has 28 heavy (non-hydrogen) atoms. The molecule has 1 aliphatic heterocycles. The first-order valence-electron chi connectivity index (χ1n) is 8.55. The first-order chi connectivity index (χ1) is 13.5. The maximum absolute atomic E-state index is 12.5. The van der Waals surface area contributed by atoms with Crippen molar-refractivity contribution in [1.29, 1.82) is 0 Å². The predicted octanol–water partition coefficient (Wildman–Crippen LogP) is 2.82. The number of nitrogens with zero attached hydrogens (tertiary/aromatic N) is 3. The Kier molecular flexibility index (Phi) is 4.67. The lowest BCUT2D eigenvalue weighted by Gasteiger charge is -2.14. The van der Waals surface area contributed by atoms with Gasteiger partial charge in [0.15, 0.2) is 0 Å². The zero-order valence-electron chi connectivity index (χ0n) is 14.6. The predicted molar refractivity (Wildman–Crippen MR) is 103 cm³/mol. The molecule has 0 atom stereocenters. The fraction of sp³-hybridized carbons (Fsp3) is 0.100. The molecule has 0 saturated carbocycles. The van der Waals surface area contributed by atoms with Gasteiger partial charge in [-0.25, -0.2) is 4.68 Å². The van der Waals surface area contributed by atoms with Gasteiger partial charge in [0.25, 0.3) is 11.8 Å². The van der Waals surface area contributed by atoms with E-state index in [1.165, 1.54) is 0 Å². The topological polar surface area (TPSA) is 84.3 Å². The minimum atomic E-state index is -0.490. The van der Waals surface area contributed by atoms with Gasteiger partial charge in [-0.1, -0.05) is 41.9 Å². The zero-order chi connectivity index (χ0) is 19.7. The van der Waals surface area contributed by atoms with E-state index < -0.39 is 17.7 Å². The summed E-state index contributed by atoms with van der Waals surface area (Å²) in [6, 6.07) is 15.5. The Morgan fingerprint density at radius 2 is 1.61 bits per heavy atom. The van der Waals surface area contributed by atoms with Crippen molar-refractivity contribution in [3.63, 3.8) is 0 Å². The van der Waals surface area contributed by atoms with Gasteiger partial charge >= 0.3 is 0 Å². The molecule has 0 saturated heterocycles. The van der Waals surface area contributed by atoms with Gasteiger partial charge in [0.05, 0.1) is 23.9 Å². The molecule has 0 radical (unpaired) electrons. The zero-order valence-corrected chi connectivity index (χ0v) is 15.4. The van der Waals surface area contributed by atoms with Gasteiger partial charge in [0, 0.05) is 11.1 Å². The highest BCUT2D eigenvalue weighted by atomic mass is 35.5. The van der Waals surface area contributed by atoms with Crippen LogP contribution < -0.4 is 5.32 Å². The molecular weight excluding hydrogens is 380 g/mol. The number of nitrogens with one attached hydrogen (secondary N) is 1. The maximum atomic E-state index is 12.5. The third-order valence-electron chi connectivity index (χ3n) is 4.44. The standard InChI is InChI=1S/C20H15ClN4O3/c21-16-8-4-1-5-13(16)11-25-17(9-10-22-25)23-18(26)12-24-19(27)14-6-2-3-7-15(14)20(24)28/h1-10H,11-12H2,(H,23,26). The van der Waals surface area contributed by atoms with Crippen LogP contribution in [0.4, 0.5) is 5.82 Å². The second kappa shape index (κ2) is 7.28. The van der Waals surface area contributed by atoms with E-state index in [9.17, 15) is 14.4 Å². The number of amides is 3. The number of fused-ring (bicyclic) bond motifs is 1. The minimum Gasteiger partial charge on any atom is -0.309 e. The molecule has 0 aliphatic carbocycles. The van der Waals surface area contributed by atoms with Crippen molar-refractivity contribution in [2.24, 2.45) is 0 Å². The summed E-state index contributed by atoms with van der Waals surface area (Å²) in [7, 11) is 0. The minimum absolute atomic E-state index is 0.309. The Labute approximate surface area is 165 Å². The van der Waals surface area contributed by atoms with Gasteiger partial charge in [-0.3, -0.25) is 19.3 Å². The van der Waals surface area contributed by atoms with Crippen LogP contribution in [0.15, 0.2) is 60.8 Å². The fourth-order valence-corrected chi connectivity index (χ4v) is 3.26. The molecule has 1 aromatic heterocycles. The highest BCUT2D eigenvalue weighted by Gasteiger charge is 2.36. The Morgan fingerprint density at radius 1 is 0.964 bits per heavy atom. The Bertz CT molecular complexity index is 1060. The number of aromatic nitrogens is 2. The van der Waals surface area contributed by atoms with Gasteiger partial charge in [-0.2, -0.15) is 5.10 Å². The summed E-state index contributed by atoms with van der Waals surface area (Å²) in [4.78, 5) is 38.2. The van der Waals surface area contributed by atoms with Crippen molar-refractivity contribution in [3.8, 4) is 0 Å². The van der Waals surface area contributed by atoms with Crippen LogP contribution in [-0.4, -0.2) is 38.9 Å². The SMILES string of the molecule is O=C(CN1C(=O)c2ccccc2C1=O)Nc1ccnn1Cc1ccccc1Cl. The highest BCUT2D eigenvalue weighted by Crippen LogP contribution is 2.22. The van der Waals surface area contributed by atoms with E-state index in [2.05, 4.69) is 10.4 Å². The average molecular weight is 395 g/mol. The van der Waals surface area contributed by atoms with Crippen LogP contribution in [0, 0.1) is 0 Å². The summed E-state index contributed by atoms with van der Waals surface area (Å²) < 4.78 is 1.58. The van der Waals surface area contributed by atoms with Crippen molar-refractivity contribution in [2.45, 2.75) is 6.54 Å². The van der Waals surface area contributed by atoms with E-state index in [1.54, 1.807) is 47.3 Å². The Balaban J connectivity index is 1.46. The van der Waals surface area contributed by atoms with Gasteiger partial charge in [-0.15, -0.1) is 0 Å². The molecule has 140 valence electrons. The number of hydrogen-bond donors (Lipinski definition) is 1. The van der Waals surface area contributed by atoms with Gasteiger partial charge in [-0.05, 0) is 23.8 Å². The number of carbonyl (C=O) groups is 3. The van der Waals surface area contributed by atoms with Crippen LogP contribution in [-0.2, 0) is 11.3 Å². The number of carbonyl (C=O) groups excluding carboxylic acids is 3. The van der Waals surface area contributed by atoms with Gasteiger partial charge < -0.3 is 5.32 Å². The molecule has 2 aromatic carbocycles. The molecular formula is C20H15ClN4O3. The average Bonchev–Trinajstić information content (AvgIpc) is 3.22. The van der Waals surface area contributed by atoms with E-state index >= 15 is 0 Å². The van der Waals surface area contributed by atoms with Crippen LogP contribution in [0.5, 0.6) is 0 Å². The highest BCUT2D eigenvalue weighted by molar-refractivity contribution is 6.31. The smallest absolute Gasteiger partial charge is 0.262 e. The summed E-state index contributed by atoms with van der Waals surface area (Å²) in [5.41, 5.74) is 1.47. The van der Waals surface area contributed by atoms with E-state index in [-0.39, 0.29) is 6.54 Å². The molecule has 0 fully saturated rings. The van der Waals surface area contributed by atoms with E-state index in [0.717, 1.165) is 10.5 Å². The summed E-state index contributed by atoms with van der Waals surface area (Å²) >= 11 is 6.18. The largest absolute Gasteiger partial charge is 0.309 e. The second-order valence-electron chi connectivity index (χ2n) is 6.26.